The maximum absolute atomic E-state index is 11.8. The van der Waals surface area contributed by atoms with E-state index in [1.165, 1.54) is 0 Å². The van der Waals surface area contributed by atoms with Crippen LogP contribution in [0, 0.1) is 13.5 Å². The predicted octanol–water partition coefficient (Wildman–Crippen LogP) is 1.23. The van der Waals surface area contributed by atoms with Gasteiger partial charge in [0.05, 0.1) is 12.8 Å². The molecule has 1 aromatic rings. The van der Waals surface area contributed by atoms with E-state index in [-0.39, 0.29) is 38.3 Å². The number of anilines is 1. The molecule has 1 heterocycles. The molecule has 4 nitrogen and oxygen atoms in total. The second-order valence-electron chi connectivity index (χ2n) is 2.91. The number of hydrogen-bond donors (Lipinski definition) is 1. The van der Waals surface area contributed by atoms with E-state index in [9.17, 15) is 4.79 Å². The fourth-order valence-corrected chi connectivity index (χ4v) is 1.43. The van der Waals surface area contributed by atoms with E-state index < -0.39 is 0 Å². The molecule has 0 spiro atoms. The number of aromatic nitrogens is 1. The molecule has 0 atom stereocenters. The molecule has 0 aliphatic carbocycles. The fraction of sp³-hybridized carbons (Fsp3) is 0.400. The van der Waals surface area contributed by atoms with Gasteiger partial charge in [0.15, 0.2) is 5.56 Å². The van der Waals surface area contributed by atoms with Crippen LogP contribution in [0.15, 0.2) is 10.9 Å². The summed E-state index contributed by atoms with van der Waals surface area (Å²) in [5.74, 6) is 0.577. The monoisotopic (exact) mass is 284 g/mol. The van der Waals surface area contributed by atoms with Gasteiger partial charge in [0.2, 0.25) is 0 Å². The molecule has 1 rings (SSSR count). The minimum Gasteiger partial charge on any atom is -0.497 e. The summed E-state index contributed by atoms with van der Waals surface area (Å²) in [5.41, 5.74) is 1.25. The van der Waals surface area contributed by atoms with E-state index in [1.807, 2.05) is 19.9 Å². The Hall–Kier alpha value is -0.476. The van der Waals surface area contributed by atoms with Crippen molar-refractivity contribution in [3.05, 3.63) is 28.7 Å². The van der Waals surface area contributed by atoms with Gasteiger partial charge in [-0.05, 0) is 0 Å². The number of pyridine rings is 1. The number of hydrogen-bond acceptors (Lipinski definition) is 3. The summed E-state index contributed by atoms with van der Waals surface area (Å²) in [6, 6.07) is 1.83. The second kappa shape index (κ2) is 6.18. The van der Waals surface area contributed by atoms with Crippen LogP contribution in [0.5, 0.6) is 5.75 Å². The van der Waals surface area contributed by atoms with Gasteiger partial charge >= 0.3 is 32.7 Å². The average molecular weight is 284 g/mol. The Morgan fingerprint density at radius 1 is 1.53 bits per heavy atom. The van der Waals surface area contributed by atoms with Crippen molar-refractivity contribution in [3.8, 4) is 5.75 Å². The molecule has 1 aromatic heterocycles. The molecule has 0 aliphatic heterocycles. The first-order valence-electron chi connectivity index (χ1n) is 4.43. The van der Waals surface area contributed by atoms with Crippen LogP contribution in [-0.2, 0) is 32.7 Å². The molecule has 0 saturated heterocycles. The van der Waals surface area contributed by atoms with Crippen LogP contribution in [0.25, 0.3) is 0 Å². The molecule has 0 bridgehead atoms. The quantitative estimate of drug-likeness (QED) is 0.849. The van der Waals surface area contributed by atoms with Crippen LogP contribution in [-0.4, -0.2) is 18.7 Å². The van der Waals surface area contributed by atoms with Crippen LogP contribution in [0.2, 0.25) is 0 Å². The molecule has 15 heavy (non-hydrogen) atoms. The van der Waals surface area contributed by atoms with Gasteiger partial charge in [-0.1, -0.05) is 25.6 Å². The standard InChI is InChI=1S/C10H15N2O2.Y/c1-5-12-7(2)6-8(14-4)9(11-3)10(12)13;/h5-6,11H,1-4H3;/q-1;+3. The van der Waals surface area contributed by atoms with Crippen LogP contribution in [0.4, 0.5) is 5.69 Å². The van der Waals surface area contributed by atoms with Gasteiger partial charge in [-0.15, -0.1) is 6.54 Å². The van der Waals surface area contributed by atoms with Crippen LogP contribution < -0.4 is 15.6 Å². The summed E-state index contributed by atoms with van der Waals surface area (Å²) < 4.78 is 6.69. The third-order valence-corrected chi connectivity index (χ3v) is 2.13. The maximum atomic E-state index is 11.8. The molecule has 0 saturated carbocycles. The Morgan fingerprint density at radius 3 is 2.53 bits per heavy atom. The van der Waals surface area contributed by atoms with Gasteiger partial charge in [-0.3, -0.25) is 0 Å². The number of methoxy groups -OCH3 is 1. The molecule has 1 N–H and O–H groups in total. The van der Waals surface area contributed by atoms with E-state index in [0.29, 0.717) is 11.4 Å². The third kappa shape index (κ3) is 2.76. The summed E-state index contributed by atoms with van der Waals surface area (Å²) in [7, 11) is 3.25. The molecule has 0 aliphatic rings. The first-order chi connectivity index (χ1) is 6.65. The third-order valence-electron chi connectivity index (χ3n) is 2.13. The molecular weight excluding hydrogens is 269 g/mol. The molecular formula is C10H15N2O2Y+2. The molecule has 0 amide bonds. The van der Waals surface area contributed by atoms with Crippen molar-refractivity contribution < 1.29 is 37.4 Å². The molecule has 0 fully saturated rings. The van der Waals surface area contributed by atoms with Crippen molar-refractivity contribution in [2.24, 2.45) is 0 Å². The Labute approximate surface area is 115 Å². The Bertz CT molecular complexity index is 388. The van der Waals surface area contributed by atoms with Crippen molar-refractivity contribution >= 4 is 5.69 Å². The molecule has 0 aromatic carbocycles. The Kier molecular flexibility index (Phi) is 5.99. The second-order valence-corrected chi connectivity index (χ2v) is 2.91. The summed E-state index contributed by atoms with van der Waals surface area (Å²) >= 11 is 0. The number of nitrogens with one attached hydrogen (secondary N) is 1. The van der Waals surface area contributed by atoms with Gasteiger partial charge < -0.3 is 19.4 Å². The summed E-state index contributed by atoms with van der Waals surface area (Å²) in [4.78, 5) is 11.8. The van der Waals surface area contributed by atoms with Gasteiger partial charge in [0.25, 0.3) is 0 Å². The van der Waals surface area contributed by atoms with Crippen molar-refractivity contribution in [1.29, 1.82) is 0 Å². The maximum Gasteiger partial charge on any atom is 3.00 e. The van der Waals surface area contributed by atoms with Gasteiger partial charge in [0.1, 0.15) is 5.75 Å². The van der Waals surface area contributed by atoms with Crippen molar-refractivity contribution in [1.82, 2.24) is 4.57 Å². The van der Waals surface area contributed by atoms with E-state index in [1.54, 1.807) is 25.3 Å². The van der Waals surface area contributed by atoms with Crippen LogP contribution in [0.1, 0.15) is 12.6 Å². The smallest absolute Gasteiger partial charge is 0.497 e. The minimum absolute atomic E-state index is 0. The fourth-order valence-electron chi connectivity index (χ4n) is 1.43. The van der Waals surface area contributed by atoms with Gasteiger partial charge in [-0.25, -0.2) is 0 Å². The number of ether oxygens (including phenoxy) is 1. The summed E-state index contributed by atoms with van der Waals surface area (Å²) in [6.45, 7) is 5.42. The Balaban J connectivity index is 0.00000196. The first-order valence-corrected chi connectivity index (χ1v) is 4.43. The molecule has 5 heteroatoms. The van der Waals surface area contributed by atoms with Gasteiger partial charge in [0, 0.05) is 7.05 Å². The van der Waals surface area contributed by atoms with E-state index in [0.717, 1.165) is 5.69 Å². The van der Waals surface area contributed by atoms with E-state index >= 15 is 0 Å². The zero-order valence-electron chi connectivity index (χ0n) is 9.50. The van der Waals surface area contributed by atoms with Crippen LogP contribution >= 0.6 is 0 Å². The van der Waals surface area contributed by atoms with E-state index in [4.69, 9.17) is 4.74 Å². The van der Waals surface area contributed by atoms with Crippen LogP contribution in [0.3, 0.4) is 0 Å². The summed E-state index contributed by atoms with van der Waals surface area (Å²) in [6.07, 6.45) is 0. The number of rotatable bonds is 3. The summed E-state index contributed by atoms with van der Waals surface area (Å²) in [5, 5.41) is 2.84. The number of aryl methyl sites for hydroxylation is 1. The zero-order chi connectivity index (χ0) is 10.7. The largest absolute Gasteiger partial charge is 3.00 e. The van der Waals surface area contributed by atoms with Crippen molar-refractivity contribution in [2.45, 2.75) is 13.8 Å². The molecule has 0 unspecified atom stereocenters. The van der Waals surface area contributed by atoms with Crippen molar-refractivity contribution in [3.63, 3.8) is 0 Å². The minimum atomic E-state index is -0.0909. The molecule has 0 radical (unpaired) electrons. The topological polar surface area (TPSA) is 43.3 Å². The van der Waals surface area contributed by atoms with Gasteiger partial charge in [-0.2, -0.15) is 0 Å². The predicted molar refractivity (Wildman–Crippen MR) is 56.9 cm³/mol. The zero-order valence-corrected chi connectivity index (χ0v) is 12.3. The van der Waals surface area contributed by atoms with Crippen molar-refractivity contribution in [2.75, 3.05) is 19.5 Å². The SMILES string of the molecule is C[CH-]n1c(C)cc(OC)c(NC)c1=O.[Y+3]. The number of nitrogens with zero attached hydrogens (tertiary/aromatic N) is 1. The molecule has 78 valence electrons. The normalized spacial score (nSPS) is 9.07. The average Bonchev–Trinajstić information content (AvgIpc) is 2.17. The first kappa shape index (κ1) is 14.5. The van der Waals surface area contributed by atoms with E-state index in [2.05, 4.69) is 5.32 Å². The Morgan fingerprint density at radius 2 is 2.13 bits per heavy atom.